The predicted molar refractivity (Wildman–Crippen MR) is 129 cm³/mol. The maximum atomic E-state index is 2.63. The van der Waals surface area contributed by atoms with Gasteiger partial charge in [0.1, 0.15) is 19.6 Å². The average Bonchev–Trinajstić information content (AvgIpc) is 3.18. The van der Waals surface area contributed by atoms with Crippen molar-refractivity contribution in [2.45, 2.75) is 77.7 Å². The third kappa shape index (κ3) is 8.80. The summed E-state index contributed by atoms with van der Waals surface area (Å²) in [6.45, 7) is 6.75. The molecule has 1 aliphatic rings. The lowest BCUT2D eigenvalue weighted by Crippen LogP contribution is -3.00. The van der Waals surface area contributed by atoms with Gasteiger partial charge in [0.05, 0.1) is 12.1 Å². The van der Waals surface area contributed by atoms with E-state index in [1.54, 1.807) is 0 Å². The summed E-state index contributed by atoms with van der Waals surface area (Å²) in [5.41, 5.74) is 2.75. The van der Waals surface area contributed by atoms with E-state index in [0.29, 0.717) is 0 Å². The van der Waals surface area contributed by atoms with Gasteiger partial charge >= 0.3 is 0 Å². The Labute approximate surface area is 201 Å². The first-order valence-corrected chi connectivity index (χ1v) is 12.3. The molecule has 1 aliphatic heterocycles. The number of amidine groups is 1. The molecule has 3 rings (SSSR count). The molecule has 3 heteroatoms. The molecule has 0 radical (unpaired) electrons. The second-order valence-corrected chi connectivity index (χ2v) is 8.77. The molecule has 0 unspecified atom stereocenters. The van der Waals surface area contributed by atoms with Crippen LogP contribution in [-0.4, -0.2) is 34.9 Å². The minimum Gasteiger partial charge on any atom is -1.00 e. The van der Waals surface area contributed by atoms with Gasteiger partial charge in [0.2, 0.25) is 0 Å². The van der Waals surface area contributed by atoms with Crippen molar-refractivity contribution in [2.75, 3.05) is 19.6 Å². The van der Waals surface area contributed by atoms with Gasteiger partial charge in [-0.1, -0.05) is 107 Å². The number of benzene rings is 2. The van der Waals surface area contributed by atoms with Crippen LogP contribution in [0, 0.1) is 0 Å². The molecule has 2 aromatic carbocycles. The standard InChI is InChI=1S/C28H41N2.BrH/c1-2-3-4-5-6-7-8-9-10-17-22-29-23-24-30(25-26-18-13-11-14-19-26)28(29)27-20-15-12-16-21-27;/h11-16,18-21H,2-10,17,22-25H2,1H3;1H/q+1;/p-1. The van der Waals surface area contributed by atoms with Crippen LogP contribution in [0.25, 0.3) is 0 Å². The van der Waals surface area contributed by atoms with Crippen LogP contribution in [0.1, 0.15) is 82.3 Å². The summed E-state index contributed by atoms with van der Waals surface area (Å²) in [6, 6.07) is 21.9. The average molecular weight is 486 g/mol. The van der Waals surface area contributed by atoms with Crippen molar-refractivity contribution >= 4 is 5.84 Å². The van der Waals surface area contributed by atoms with Crippen LogP contribution in [0.15, 0.2) is 60.7 Å². The van der Waals surface area contributed by atoms with Gasteiger partial charge in [-0.2, -0.15) is 0 Å². The van der Waals surface area contributed by atoms with E-state index in [0.717, 1.165) is 19.6 Å². The molecule has 0 bridgehead atoms. The first-order chi connectivity index (χ1) is 14.9. The fourth-order valence-electron chi connectivity index (χ4n) is 4.57. The van der Waals surface area contributed by atoms with Gasteiger partial charge in [0.15, 0.2) is 0 Å². The fourth-order valence-corrected chi connectivity index (χ4v) is 4.57. The third-order valence-corrected chi connectivity index (χ3v) is 6.27. The van der Waals surface area contributed by atoms with Crippen LogP contribution in [0.4, 0.5) is 0 Å². The molecule has 0 saturated heterocycles. The van der Waals surface area contributed by atoms with Gasteiger partial charge in [-0.25, -0.2) is 0 Å². The second kappa shape index (κ2) is 15.2. The minimum atomic E-state index is 0. The summed E-state index contributed by atoms with van der Waals surface area (Å²) < 4.78 is 2.57. The summed E-state index contributed by atoms with van der Waals surface area (Å²) in [7, 11) is 0. The van der Waals surface area contributed by atoms with Gasteiger partial charge in [-0.3, -0.25) is 9.48 Å². The van der Waals surface area contributed by atoms with Crippen molar-refractivity contribution < 1.29 is 21.6 Å². The van der Waals surface area contributed by atoms with E-state index in [4.69, 9.17) is 0 Å². The maximum absolute atomic E-state index is 2.63. The van der Waals surface area contributed by atoms with Gasteiger partial charge in [-0.05, 0) is 30.5 Å². The number of rotatable bonds is 14. The van der Waals surface area contributed by atoms with E-state index in [-0.39, 0.29) is 17.0 Å². The van der Waals surface area contributed by atoms with E-state index in [1.165, 1.54) is 87.7 Å². The second-order valence-electron chi connectivity index (χ2n) is 8.77. The highest BCUT2D eigenvalue weighted by molar-refractivity contribution is 5.95. The molecular weight excluding hydrogens is 444 g/mol. The monoisotopic (exact) mass is 484 g/mol. The van der Waals surface area contributed by atoms with Crippen molar-refractivity contribution in [1.29, 1.82) is 0 Å². The van der Waals surface area contributed by atoms with Crippen LogP contribution in [0.2, 0.25) is 0 Å². The highest BCUT2D eigenvalue weighted by atomic mass is 79.9. The molecule has 31 heavy (non-hydrogen) atoms. The molecule has 0 aliphatic carbocycles. The number of halogens is 1. The molecule has 0 N–H and O–H groups in total. The smallest absolute Gasteiger partial charge is 0.279 e. The Morgan fingerprint density at radius 2 is 1.26 bits per heavy atom. The maximum Gasteiger partial charge on any atom is 0.279 e. The van der Waals surface area contributed by atoms with Crippen molar-refractivity contribution in [3.63, 3.8) is 0 Å². The molecule has 0 amide bonds. The van der Waals surface area contributed by atoms with E-state index < -0.39 is 0 Å². The molecule has 0 atom stereocenters. The Kier molecular flexibility index (Phi) is 12.6. The lowest BCUT2D eigenvalue weighted by Gasteiger charge is -2.14. The SMILES string of the molecule is CCCCCCCCCCCCN1CC[N+](Cc2ccccc2)=C1c1ccccc1.[Br-]. The number of hydrogen-bond donors (Lipinski definition) is 0. The summed E-state index contributed by atoms with van der Waals surface area (Å²) in [5, 5.41) is 0. The molecule has 2 aromatic rings. The zero-order chi connectivity index (χ0) is 20.9. The highest BCUT2D eigenvalue weighted by Gasteiger charge is 2.31. The Hall–Kier alpha value is -1.61. The fraction of sp³-hybridized carbons (Fsp3) is 0.536. The Morgan fingerprint density at radius 1 is 0.710 bits per heavy atom. The Bertz CT molecular complexity index is 742. The van der Waals surface area contributed by atoms with E-state index in [2.05, 4.69) is 77.1 Å². The summed E-state index contributed by atoms with van der Waals surface area (Å²) in [4.78, 5) is 2.63. The van der Waals surface area contributed by atoms with Crippen LogP contribution >= 0.6 is 0 Å². The van der Waals surface area contributed by atoms with Crippen molar-refractivity contribution in [3.8, 4) is 0 Å². The molecule has 1 heterocycles. The lowest BCUT2D eigenvalue weighted by atomic mass is 10.1. The molecule has 0 aromatic heterocycles. The van der Waals surface area contributed by atoms with Crippen molar-refractivity contribution in [2.24, 2.45) is 0 Å². The Morgan fingerprint density at radius 3 is 1.87 bits per heavy atom. The first-order valence-electron chi connectivity index (χ1n) is 12.3. The number of unbranched alkanes of at least 4 members (excludes halogenated alkanes) is 9. The lowest BCUT2D eigenvalue weighted by molar-refractivity contribution is -0.533. The van der Waals surface area contributed by atoms with Gasteiger partial charge in [0, 0.05) is 0 Å². The molecule has 170 valence electrons. The molecule has 0 spiro atoms. The summed E-state index contributed by atoms with van der Waals surface area (Å²) in [5.74, 6) is 1.43. The zero-order valence-corrected chi connectivity index (χ0v) is 21.0. The molecule has 0 saturated carbocycles. The summed E-state index contributed by atoms with van der Waals surface area (Å²) >= 11 is 0. The summed E-state index contributed by atoms with van der Waals surface area (Å²) in [6.07, 6.45) is 14.0. The van der Waals surface area contributed by atoms with Crippen LogP contribution < -0.4 is 17.0 Å². The quantitative estimate of drug-likeness (QED) is 0.291. The normalized spacial score (nSPS) is 13.5. The number of hydrogen-bond acceptors (Lipinski definition) is 1. The van der Waals surface area contributed by atoms with Crippen molar-refractivity contribution in [1.82, 2.24) is 4.90 Å². The molecule has 2 nitrogen and oxygen atoms in total. The van der Waals surface area contributed by atoms with Gasteiger partial charge in [-0.15, -0.1) is 0 Å². The van der Waals surface area contributed by atoms with E-state index in [9.17, 15) is 0 Å². The minimum absolute atomic E-state index is 0. The molecule has 0 fully saturated rings. The first kappa shape index (κ1) is 25.6. The van der Waals surface area contributed by atoms with E-state index in [1.807, 2.05) is 0 Å². The van der Waals surface area contributed by atoms with Crippen LogP contribution in [0.5, 0.6) is 0 Å². The number of nitrogens with zero attached hydrogens (tertiary/aromatic N) is 2. The largest absolute Gasteiger partial charge is 1.00 e. The van der Waals surface area contributed by atoms with Gasteiger partial charge in [0.25, 0.3) is 5.84 Å². The van der Waals surface area contributed by atoms with Crippen LogP contribution in [0.3, 0.4) is 0 Å². The van der Waals surface area contributed by atoms with Gasteiger partial charge < -0.3 is 17.0 Å². The topological polar surface area (TPSA) is 6.25 Å². The van der Waals surface area contributed by atoms with Crippen LogP contribution in [-0.2, 0) is 6.54 Å². The third-order valence-electron chi connectivity index (χ3n) is 6.27. The molecular formula is C28H41BrN2. The van der Waals surface area contributed by atoms with Crippen molar-refractivity contribution in [3.05, 3.63) is 71.8 Å². The van der Waals surface area contributed by atoms with E-state index >= 15 is 0 Å². The zero-order valence-electron chi connectivity index (χ0n) is 19.4. The Balaban J connectivity index is 0.00000341. The predicted octanol–water partition coefficient (Wildman–Crippen LogP) is 3.89. The highest BCUT2D eigenvalue weighted by Crippen LogP contribution is 2.16.